The molecule has 0 aliphatic heterocycles. The van der Waals surface area contributed by atoms with Gasteiger partial charge in [0.25, 0.3) is 5.91 Å². The lowest BCUT2D eigenvalue weighted by molar-refractivity contribution is 0.0967. The number of imide groups is 1. The number of nitrogens with zero attached hydrogens (tertiary/aromatic N) is 2. The van der Waals surface area contributed by atoms with Crippen molar-refractivity contribution >= 4 is 51.9 Å². The van der Waals surface area contributed by atoms with Crippen molar-refractivity contribution in [1.29, 1.82) is 0 Å². The van der Waals surface area contributed by atoms with Gasteiger partial charge in [0.1, 0.15) is 5.75 Å². The highest BCUT2D eigenvalue weighted by Crippen LogP contribution is 2.24. The van der Waals surface area contributed by atoms with E-state index in [9.17, 15) is 9.59 Å². The van der Waals surface area contributed by atoms with E-state index < -0.39 is 11.9 Å². The Labute approximate surface area is 187 Å². The van der Waals surface area contributed by atoms with E-state index in [1.54, 1.807) is 60.7 Å². The molecule has 2 N–H and O–H groups in total. The topological polar surface area (TPSA) is 93.2 Å². The van der Waals surface area contributed by atoms with Crippen LogP contribution >= 0.6 is 23.2 Å². The molecule has 0 saturated heterocycles. The minimum Gasteiger partial charge on any atom is -0.437 e. The number of anilines is 1. The number of benzene rings is 3. The molecule has 0 bridgehead atoms. The maximum absolute atomic E-state index is 12.1. The molecule has 9 heteroatoms. The van der Waals surface area contributed by atoms with Crippen LogP contribution in [0.5, 0.6) is 11.6 Å². The van der Waals surface area contributed by atoms with Crippen molar-refractivity contribution in [2.75, 3.05) is 5.32 Å². The molecule has 1 heterocycles. The number of urea groups is 1. The van der Waals surface area contributed by atoms with Gasteiger partial charge in [-0.3, -0.25) is 10.1 Å². The zero-order valence-corrected chi connectivity index (χ0v) is 17.3. The molecule has 0 spiro atoms. The number of rotatable bonds is 4. The van der Waals surface area contributed by atoms with Crippen molar-refractivity contribution in [1.82, 2.24) is 15.3 Å². The van der Waals surface area contributed by atoms with Crippen LogP contribution in [0.1, 0.15) is 10.4 Å². The number of hydrogen-bond donors (Lipinski definition) is 2. The SMILES string of the molecule is O=C(NC(=O)c1ccccc1Cl)Nc1ccc(Oc2cnc3cc(Cl)ccc3n2)cc1. The molecule has 0 radical (unpaired) electrons. The number of fused-ring (bicyclic) bond motifs is 1. The van der Waals surface area contributed by atoms with Gasteiger partial charge in [0.15, 0.2) is 0 Å². The molecule has 0 aliphatic rings. The second-order valence-electron chi connectivity index (χ2n) is 6.36. The zero-order chi connectivity index (χ0) is 21.8. The van der Waals surface area contributed by atoms with Gasteiger partial charge in [0, 0.05) is 10.7 Å². The number of halogens is 2. The zero-order valence-electron chi connectivity index (χ0n) is 15.8. The smallest absolute Gasteiger partial charge is 0.326 e. The Kier molecular flexibility index (Phi) is 5.97. The Bertz CT molecular complexity index is 1280. The summed E-state index contributed by atoms with van der Waals surface area (Å²) in [5, 5.41) is 5.64. The van der Waals surface area contributed by atoms with E-state index >= 15 is 0 Å². The third-order valence-electron chi connectivity index (χ3n) is 4.16. The summed E-state index contributed by atoms with van der Waals surface area (Å²) < 4.78 is 5.71. The predicted octanol–water partition coefficient (Wildman–Crippen LogP) is 5.69. The third kappa shape index (κ3) is 5.09. The lowest BCUT2D eigenvalue weighted by Gasteiger charge is -2.09. The summed E-state index contributed by atoms with van der Waals surface area (Å²) in [7, 11) is 0. The van der Waals surface area contributed by atoms with Gasteiger partial charge in [0.2, 0.25) is 5.88 Å². The fourth-order valence-corrected chi connectivity index (χ4v) is 3.11. The van der Waals surface area contributed by atoms with Crippen molar-refractivity contribution in [2.45, 2.75) is 0 Å². The normalized spacial score (nSPS) is 10.5. The summed E-state index contributed by atoms with van der Waals surface area (Å²) in [6.07, 6.45) is 1.50. The Morgan fingerprint density at radius 1 is 0.903 bits per heavy atom. The van der Waals surface area contributed by atoms with Gasteiger partial charge in [-0.2, -0.15) is 0 Å². The first kappa shape index (κ1) is 20.6. The van der Waals surface area contributed by atoms with Gasteiger partial charge in [-0.1, -0.05) is 35.3 Å². The molecular weight excluding hydrogens is 439 g/mol. The second-order valence-corrected chi connectivity index (χ2v) is 7.20. The molecule has 0 unspecified atom stereocenters. The average molecular weight is 453 g/mol. The van der Waals surface area contributed by atoms with Gasteiger partial charge in [-0.25, -0.2) is 14.8 Å². The van der Waals surface area contributed by atoms with Crippen LogP contribution in [0.25, 0.3) is 11.0 Å². The molecule has 4 rings (SSSR count). The maximum Gasteiger partial charge on any atom is 0.326 e. The van der Waals surface area contributed by atoms with Crippen LogP contribution < -0.4 is 15.4 Å². The van der Waals surface area contributed by atoms with Crippen LogP contribution in [0.3, 0.4) is 0 Å². The average Bonchev–Trinajstić information content (AvgIpc) is 2.75. The molecule has 154 valence electrons. The number of carbonyl (C=O) groups excluding carboxylic acids is 2. The Balaban J connectivity index is 1.38. The minimum absolute atomic E-state index is 0.210. The van der Waals surface area contributed by atoms with Gasteiger partial charge in [-0.05, 0) is 54.6 Å². The molecular formula is C22H14Cl2N4O3. The van der Waals surface area contributed by atoms with E-state index in [0.29, 0.717) is 33.4 Å². The monoisotopic (exact) mass is 452 g/mol. The molecule has 0 atom stereocenters. The van der Waals surface area contributed by atoms with Gasteiger partial charge < -0.3 is 10.1 Å². The highest BCUT2D eigenvalue weighted by atomic mass is 35.5. The minimum atomic E-state index is -0.683. The number of nitrogens with one attached hydrogen (secondary N) is 2. The summed E-state index contributed by atoms with van der Waals surface area (Å²) in [6, 6.07) is 17.5. The van der Waals surface area contributed by atoms with Crippen molar-refractivity contribution in [3.8, 4) is 11.6 Å². The van der Waals surface area contributed by atoms with E-state index in [1.807, 2.05) is 0 Å². The van der Waals surface area contributed by atoms with Crippen LogP contribution in [-0.4, -0.2) is 21.9 Å². The Hall–Kier alpha value is -3.68. The van der Waals surface area contributed by atoms with Gasteiger partial charge in [-0.15, -0.1) is 0 Å². The summed E-state index contributed by atoms with van der Waals surface area (Å²) in [6.45, 7) is 0. The highest BCUT2D eigenvalue weighted by molar-refractivity contribution is 6.34. The van der Waals surface area contributed by atoms with Crippen molar-refractivity contribution in [3.05, 3.63) is 88.5 Å². The van der Waals surface area contributed by atoms with E-state index in [-0.39, 0.29) is 10.6 Å². The fourth-order valence-electron chi connectivity index (χ4n) is 2.72. The van der Waals surface area contributed by atoms with E-state index in [2.05, 4.69) is 20.6 Å². The quantitative estimate of drug-likeness (QED) is 0.414. The summed E-state index contributed by atoms with van der Waals surface area (Å²) in [4.78, 5) is 32.9. The van der Waals surface area contributed by atoms with Crippen molar-refractivity contribution in [3.63, 3.8) is 0 Å². The number of ether oxygens (including phenoxy) is 1. The van der Waals surface area contributed by atoms with E-state index in [1.165, 1.54) is 12.3 Å². The van der Waals surface area contributed by atoms with Crippen LogP contribution in [0.4, 0.5) is 10.5 Å². The lowest BCUT2D eigenvalue weighted by Crippen LogP contribution is -2.34. The molecule has 3 amide bonds. The predicted molar refractivity (Wildman–Crippen MR) is 119 cm³/mol. The van der Waals surface area contributed by atoms with Crippen molar-refractivity contribution < 1.29 is 14.3 Å². The van der Waals surface area contributed by atoms with Gasteiger partial charge >= 0.3 is 6.03 Å². The Morgan fingerprint density at radius 2 is 1.68 bits per heavy atom. The molecule has 3 aromatic carbocycles. The number of aromatic nitrogens is 2. The first-order chi connectivity index (χ1) is 15.0. The summed E-state index contributed by atoms with van der Waals surface area (Å²) in [5.41, 5.74) is 2.00. The first-order valence-corrected chi connectivity index (χ1v) is 9.80. The van der Waals surface area contributed by atoms with E-state index in [4.69, 9.17) is 27.9 Å². The van der Waals surface area contributed by atoms with E-state index in [0.717, 1.165) is 0 Å². The number of amides is 3. The second kappa shape index (κ2) is 8.99. The van der Waals surface area contributed by atoms with Crippen LogP contribution in [-0.2, 0) is 0 Å². The molecule has 7 nitrogen and oxygen atoms in total. The van der Waals surface area contributed by atoms with Crippen LogP contribution in [0.15, 0.2) is 72.9 Å². The summed E-state index contributed by atoms with van der Waals surface area (Å²) in [5.74, 6) is 0.221. The van der Waals surface area contributed by atoms with Gasteiger partial charge in [0.05, 0.1) is 27.8 Å². The largest absolute Gasteiger partial charge is 0.437 e. The molecule has 0 saturated carbocycles. The molecule has 1 aromatic heterocycles. The van der Waals surface area contributed by atoms with Crippen LogP contribution in [0, 0.1) is 0 Å². The highest BCUT2D eigenvalue weighted by Gasteiger charge is 2.13. The summed E-state index contributed by atoms with van der Waals surface area (Å²) >= 11 is 11.9. The lowest BCUT2D eigenvalue weighted by atomic mass is 10.2. The number of carbonyl (C=O) groups is 2. The van der Waals surface area contributed by atoms with Crippen LogP contribution in [0.2, 0.25) is 10.0 Å². The standard InChI is InChI=1S/C22H14Cl2N4O3/c23-13-5-10-18-19(11-13)25-12-20(27-18)31-15-8-6-14(7-9-15)26-22(30)28-21(29)16-3-1-2-4-17(16)24/h1-12H,(H2,26,28,29,30). The maximum atomic E-state index is 12.1. The molecule has 4 aromatic rings. The fraction of sp³-hybridized carbons (Fsp3) is 0. The third-order valence-corrected chi connectivity index (χ3v) is 4.73. The molecule has 0 aliphatic carbocycles. The molecule has 31 heavy (non-hydrogen) atoms. The van der Waals surface area contributed by atoms with Crippen molar-refractivity contribution in [2.24, 2.45) is 0 Å². The number of hydrogen-bond acceptors (Lipinski definition) is 5. The first-order valence-electron chi connectivity index (χ1n) is 9.05. The Morgan fingerprint density at radius 3 is 2.45 bits per heavy atom. The molecule has 0 fully saturated rings.